The third-order valence-corrected chi connectivity index (χ3v) is 4.27. The van der Waals surface area contributed by atoms with E-state index in [0.29, 0.717) is 17.4 Å². The standard InChI is InChI=1S/C15H19NO2S/c1-3-16(13-6-7-13)15(18)10-19-14-8-4-12(5-9-14)11(2)17/h4-5,8-9,13H,3,6-7,10H2,1-2H3. The number of Topliss-reactive ketones (excluding diaryl/α,β-unsaturated/α-hetero) is 1. The van der Waals surface area contributed by atoms with Crippen molar-refractivity contribution >= 4 is 23.5 Å². The minimum absolute atomic E-state index is 0.0681. The summed E-state index contributed by atoms with van der Waals surface area (Å²) in [6.45, 7) is 4.39. The van der Waals surface area contributed by atoms with Crippen LogP contribution in [-0.4, -0.2) is 34.9 Å². The van der Waals surface area contributed by atoms with Gasteiger partial charge in [0, 0.05) is 23.0 Å². The molecule has 0 bridgehead atoms. The number of carbonyl (C=O) groups is 2. The molecule has 0 aliphatic heterocycles. The molecule has 2 rings (SSSR count). The molecule has 102 valence electrons. The van der Waals surface area contributed by atoms with Gasteiger partial charge >= 0.3 is 0 Å². The second kappa shape index (κ2) is 6.24. The zero-order chi connectivity index (χ0) is 13.8. The van der Waals surface area contributed by atoms with Crippen LogP contribution >= 0.6 is 11.8 Å². The van der Waals surface area contributed by atoms with E-state index in [1.807, 2.05) is 36.1 Å². The molecule has 19 heavy (non-hydrogen) atoms. The molecule has 0 heterocycles. The second-order valence-electron chi connectivity index (χ2n) is 4.78. The van der Waals surface area contributed by atoms with E-state index in [-0.39, 0.29) is 11.7 Å². The van der Waals surface area contributed by atoms with Crippen LogP contribution in [0.4, 0.5) is 0 Å². The van der Waals surface area contributed by atoms with Crippen LogP contribution in [0.2, 0.25) is 0 Å². The predicted molar refractivity (Wildman–Crippen MR) is 77.6 cm³/mol. The largest absolute Gasteiger partial charge is 0.339 e. The number of carbonyl (C=O) groups excluding carboxylic acids is 2. The molecule has 0 saturated heterocycles. The van der Waals surface area contributed by atoms with Gasteiger partial charge in [-0.2, -0.15) is 0 Å². The number of thioether (sulfide) groups is 1. The molecule has 0 spiro atoms. The highest BCUT2D eigenvalue weighted by molar-refractivity contribution is 8.00. The Morgan fingerprint density at radius 2 is 1.89 bits per heavy atom. The van der Waals surface area contributed by atoms with E-state index in [0.717, 1.165) is 24.3 Å². The molecule has 0 N–H and O–H groups in total. The summed E-state index contributed by atoms with van der Waals surface area (Å²) < 4.78 is 0. The fourth-order valence-corrected chi connectivity index (χ4v) is 2.82. The first-order chi connectivity index (χ1) is 9.11. The highest BCUT2D eigenvalue weighted by Crippen LogP contribution is 2.28. The Morgan fingerprint density at radius 3 is 2.37 bits per heavy atom. The number of hydrogen-bond donors (Lipinski definition) is 0. The number of benzene rings is 1. The fraction of sp³-hybridized carbons (Fsp3) is 0.467. The maximum absolute atomic E-state index is 12.1. The molecule has 0 atom stereocenters. The van der Waals surface area contributed by atoms with Crippen LogP contribution in [0.5, 0.6) is 0 Å². The van der Waals surface area contributed by atoms with Gasteiger partial charge in [-0.25, -0.2) is 0 Å². The van der Waals surface area contributed by atoms with Crippen LogP contribution < -0.4 is 0 Å². The normalized spacial score (nSPS) is 14.2. The number of amides is 1. The minimum Gasteiger partial charge on any atom is -0.339 e. The lowest BCUT2D eigenvalue weighted by Gasteiger charge is -2.19. The van der Waals surface area contributed by atoms with Gasteiger partial charge in [0.15, 0.2) is 5.78 Å². The van der Waals surface area contributed by atoms with Gasteiger partial charge in [-0.05, 0) is 38.8 Å². The average molecular weight is 277 g/mol. The van der Waals surface area contributed by atoms with Crippen molar-refractivity contribution in [2.24, 2.45) is 0 Å². The van der Waals surface area contributed by atoms with Crippen molar-refractivity contribution in [3.05, 3.63) is 29.8 Å². The van der Waals surface area contributed by atoms with Crippen molar-refractivity contribution < 1.29 is 9.59 Å². The zero-order valence-electron chi connectivity index (χ0n) is 11.4. The molecule has 1 aromatic carbocycles. The zero-order valence-corrected chi connectivity index (χ0v) is 12.2. The Balaban J connectivity index is 1.87. The molecular formula is C15H19NO2S. The first-order valence-electron chi connectivity index (χ1n) is 6.65. The van der Waals surface area contributed by atoms with Gasteiger partial charge in [0.2, 0.25) is 5.91 Å². The minimum atomic E-state index is 0.0681. The van der Waals surface area contributed by atoms with Gasteiger partial charge in [-0.1, -0.05) is 12.1 Å². The van der Waals surface area contributed by atoms with Gasteiger partial charge in [0.1, 0.15) is 0 Å². The molecule has 0 unspecified atom stereocenters. The molecule has 1 aliphatic rings. The lowest BCUT2D eigenvalue weighted by atomic mass is 10.2. The van der Waals surface area contributed by atoms with Gasteiger partial charge in [0.05, 0.1) is 5.75 Å². The summed E-state index contributed by atoms with van der Waals surface area (Å²) in [7, 11) is 0. The summed E-state index contributed by atoms with van der Waals surface area (Å²) in [5.41, 5.74) is 0.712. The molecule has 1 aromatic rings. The SMILES string of the molecule is CCN(C(=O)CSc1ccc(C(C)=O)cc1)C1CC1. The van der Waals surface area contributed by atoms with Crippen LogP contribution in [-0.2, 0) is 4.79 Å². The van der Waals surface area contributed by atoms with E-state index < -0.39 is 0 Å². The maximum Gasteiger partial charge on any atom is 0.233 e. The van der Waals surface area contributed by atoms with E-state index in [9.17, 15) is 9.59 Å². The van der Waals surface area contributed by atoms with Crippen molar-refractivity contribution in [1.82, 2.24) is 4.90 Å². The van der Waals surface area contributed by atoms with Crippen molar-refractivity contribution in [2.75, 3.05) is 12.3 Å². The third kappa shape index (κ3) is 3.83. The highest BCUT2D eigenvalue weighted by Gasteiger charge is 2.30. The molecule has 1 amide bonds. The summed E-state index contributed by atoms with van der Waals surface area (Å²) in [5.74, 6) is 0.758. The second-order valence-corrected chi connectivity index (χ2v) is 5.83. The lowest BCUT2D eigenvalue weighted by Crippen LogP contribution is -2.34. The van der Waals surface area contributed by atoms with E-state index in [4.69, 9.17) is 0 Å². The molecule has 0 radical (unpaired) electrons. The summed E-state index contributed by atoms with van der Waals surface area (Å²) in [4.78, 5) is 26.2. The van der Waals surface area contributed by atoms with Gasteiger partial charge in [0.25, 0.3) is 0 Å². The molecule has 3 nitrogen and oxygen atoms in total. The van der Waals surface area contributed by atoms with Gasteiger partial charge in [-0.15, -0.1) is 11.8 Å². The molecule has 0 aromatic heterocycles. The first kappa shape index (κ1) is 14.1. The summed E-state index contributed by atoms with van der Waals surface area (Å²) >= 11 is 1.54. The quantitative estimate of drug-likeness (QED) is 0.592. The van der Waals surface area contributed by atoms with Crippen LogP contribution in [0.15, 0.2) is 29.2 Å². The summed E-state index contributed by atoms with van der Waals surface area (Å²) in [5, 5.41) is 0. The average Bonchev–Trinajstić information content (AvgIpc) is 3.22. The van der Waals surface area contributed by atoms with Crippen LogP contribution in [0.3, 0.4) is 0 Å². The van der Waals surface area contributed by atoms with Crippen molar-refractivity contribution in [3.63, 3.8) is 0 Å². The van der Waals surface area contributed by atoms with E-state index in [2.05, 4.69) is 0 Å². The number of rotatable bonds is 6. The third-order valence-electron chi connectivity index (χ3n) is 3.27. The number of nitrogens with zero attached hydrogens (tertiary/aromatic N) is 1. The molecule has 1 fully saturated rings. The molecule has 1 aliphatic carbocycles. The van der Waals surface area contributed by atoms with E-state index in [1.54, 1.807) is 6.92 Å². The van der Waals surface area contributed by atoms with Crippen molar-refractivity contribution in [2.45, 2.75) is 37.6 Å². The van der Waals surface area contributed by atoms with Crippen molar-refractivity contribution in [3.8, 4) is 0 Å². The first-order valence-corrected chi connectivity index (χ1v) is 7.63. The van der Waals surface area contributed by atoms with Crippen molar-refractivity contribution in [1.29, 1.82) is 0 Å². The predicted octanol–water partition coefficient (Wildman–Crippen LogP) is 2.99. The van der Waals surface area contributed by atoms with Gasteiger partial charge in [-0.3, -0.25) is 9.59 Å². The Bertz CT molecular complexity index is 466. The Labute approximate surface area is 118 Å². The fourth-order valence-electron chi connectivity index (χ4n) is 2.04. The number of hydrogen-bond acceptors (Lipinski definition) is 3. The topological polar surface area (TPSA) is 37.4 Å². The van der Waals surface area contributed by atoms with E-state index >= 15 is 0 Å². The van der Waals surface area contributed by atoms with Gasteiger partial charge < -0.3 is 4.90 Å². The Kier molecular flexibility index (Phi) is 4.64. The molecule has 1 saturated carbocycles. The summed E-state index contributed by atoms with van der Waals surface area (Å²) in [6.07, 6.45) is 2.30. The number of ketones is 1. The van der Waals surface area contributed by atoms with Crippen LogP contribution in [0.25, 0.3) is 0 Å². The maximum atomic E-state index is 12.1. The lowest BCUT2D eigenvalue weighted by molar-refractivity contribution is -0.128. The highest BCUT2D eigenvalue weighted by atomic mass is 32.2. The smallest absolute Gasteiger partial charge is 0.233 e. The monoisotopic (exact) mass is 277 g/mol. The Hall–Kier alpha value is -1.29. The summed E-state index contributed by atoms with van der Waals surface area (Å²) in [6, 6.07) is 7.92. The molecule has 4 heteroatoms. The van der Waals surface area contributed by atoms with E-state index in [1.165, 1.54) is 11.8 Å². The molecular weight excluding hydrogens is 258 g/mol. The Morgan fingerprint density at radius 1 is 1.26 bits per heavy atom. The van der Waals surface area contributed by atoms with Crippen LogP contribution in [0, 0.1) is 0 Å². The van der Waals surface area contributed by atoms with Crippen LogP contribution in [0.1, 0.15) is 37.0 Å².